The topological polar surface area (TPSA) is 103 Å². The maximum Gasteiger partial charge on any atom is 0.181 e. The Balaban J connectivity index is 0.000000296. The van der Waals surface area contributed by atoms with Crippen LogP contribution in [-0.2, 0) is 6.54 Å². The molecule has 8 heteroatoms. The second-order valence-electron chi connectivity index (χ2n) is 8.14. The van der Waals surface area contributed by atoms with Crippen LogP contribution in [0.2, 0.25) is 0 Å². The molecule has 0 saturated heterocycles. The lowest BCUT2D eigenvalue weighted by atomic mass is 9.86. The first-order valence-corrected chi connectivity index (χ1v) is 10.7. The number of fused-ring (bicyclic) bond motifs is 2. The molecular weight excluding hydrogens is 388 g/mol. The third-order valence-electron chi connectivity index (χ3n) is 5.79. The largest absolute Gasteiger partial charge is 0.330 e. The van der Waals surface area contributed by atoms with Gasteiger partial charge < -0.3 is 10.1 Å². The lowest BCUT2D eigenvalue weighted by Gasteiger charge is -2.22. The van der Waals surface area contributed by atoms with E-state index in [1.165, 1.54) is 24.8 Å². The quantitative estimate of drug-likeness (QED) is 0.468. The van der Waals surface area contributed by atoms with Gasteiger partial charge in [0.1, 0.15) is 12.0 Å². The number of H-pyrrole nitrogens is 1. The molecule has 4 aromatic heterocycles. The average Bonchev–Trinajstić information content (AvgIpc) is 3.46. The van der Waals surface area contributed by atoms with Crippen LogP contribution in [0.15, 0.2) is 55.2 Å². The molecule has 6 rings (SSSR count). The van der Waals surface area contributed by atoms with Crippen LogP contribution in [0.1, 0.15) is 30.5 Å². The van der Waals surface area contributed by atoms with Gasteiger partial charge in [-0.15, -0.1) is 0 Å². The fourth-order valence-corrected chi connectivity index (χ4v) is 3.78. The van der Waals surface area contributed by atoms with Crippen molar-refractivity contribution in [2.75, 3.05) is 6.54 Å². The van der Waals surface area contributed by atoms with E-state index in [2.05, 4.69) is 44.5 Å². The second-order valence-corrected chi connectivity index (χ2v) is 8.14. The third kappa shape index (κ3) is 4.06. The Morgan fingerprint density at radius 1 is 1.16 bits per heavy atom. The molecule has 0 bridgehead atoms. The van der Waals surface area contributed by atoms with Gasteiger partial charge in [-0.05, 0) is 49.9 Å². The molecule has 1 fully saturated rings. The highest BCUT2D eigenvalue weighted by atomic mass is 15.3. The summed E-state index contributed by atoms with van der Waals surface area (Å²) < 4.78 is 3.84. The Hall–Kier alpha value is -3.52. The molecule has 1 aromatic carbocycles. The summed E-state index contributed by atoms with van der Waals surface area (Å²) in [6, 6.07) is 10.0. The van der Waals surface area contributed by atoms with E-state index in [1.54, 1.807) is 12.5 Å². The van der Waals surface area contributed by atoms with Crippen molar-refractivity contribution in [2.24, 2.45) is 11.7 Å². The normalized spacial score (nSPS) is 13.9. The summed E-state index contributed by atoms with van der Waals surface area (Å²) in [5, 5.41) is 12.7. The van der Waals surface area contributed by atoms with Gasteiger partial charge in [0, 0.05) is 23.3 Å². The highest BCUT2D eigenvalue weighted by Gasteiger charge is 2.14. The summed E-state index contributed by atoms with van der Waals surface area (Å²) in [6.07, 6.45) is 11.8. The SMILES string of the molecule is Cc1ccc2nc(Cn3cnc(-c4cccc5[nH]ncc45)n3)cn2c1.NCC1CCC1. The lowest BCUT2D eigenvalue weighted by Crippen LogP contribution is -2.20. The molecule has 1 aliphatic rings. The Morgan fingerprint density at radius 3 is 2.84 bits per heavy atom. The van der Waals surface area contributed by atoms with Gasteiger partial charge in [-0.3, -0.25) is 5.10 Å². The second kappa shape index (κ2) is 8.31. The molecular formula is C23H26N8. The predicted molar refractivity (Wildman–Crippen MR) is 121 cm³/mol. The molecule has 1 aliphatic carbocycles. The molecule has 4 heterocycles. The van der Waals surface area contributed by atoms with Crippen molar-refractivity contribution >= 4 is 16.6 Å². The van der Waals surface area contributed by atoms with Gasteiger partial charge >= 0.3 is 0 Å². The van der Waals surface area contributed by atoms with Crippen LogP contribution in [-0.4, -0.2) is 40.9 Å². The fraction of sp³-hybridized carbons (Fsp3) is 0.304. The van der Waals surface area contributed by atoms with Crippen LogP contribution in [0.4, 0.5) is 0 Å². The summed E-state index contributed by atoms with van der Waals surface area (Å²) in [7, 11) is 0. The first-order valence-electron chi connectivity index (χ1n) is 10.7. The van der Waals surface area contributed by atoms with E-state index in [4.69, 9.17) is 5.73 Å². The minimum Gasteiger partial charge on any atom is -0.330 e. The third-order valence-corrected chi connectivity index (χ3v) is 5.79. The van der Waals surface area contributed by atoms with E-state index >= 15 is 0 Å². The van der Waals surface area contributed by atoms with E-state index in [0.717, 1.165) is 40.3 Å². The maximum absolute atomic E-state index is 5.33. The highest BCUT2D eigenvalue weighted by molar-refractivity contribution is 5.92. The van der Waals surface area contributed by atoms with E-state index < -0.39 is 0 Å². The lowest BCUT2D eigenvalue weighted by molar-refractivity contribution is 0.325. The van der Waals surface area contributed by atoms with Crippen LogP contribution < -0.4 is 5.73 Å². The number of aromatic nitrogens is 7. The first-order chi connectivity index (χ1) is 15.2. The van der Waals surface area contributed by atoms with E-state index in [9.17, 15) is 0 Å². The molecule has 0 atom stereocenters. The molecule has 0 radical (unpaired) electrons. The van der Waals surface area contributed by atoms with Crippen LogP contribution in [0.5, 0.6) is 0 Å². The van der Waals surface area contributed by atoms with Crippen LogP contribution in [0.3, 0.4) is 0 Å². The van der Waals surface area contributed by atoms with Crippen molar-refractivity contribution in [1.29, 1.82) is 0 Å². The van der Waals surface area contributed by atoms with Gasteiger partial charge in [0.05, 0.1) is 24.0 Å². The van der Waals surface area contributed by atoms with Gasteiger partial charge in [0.15, 0.2) is 5.82 Å². The Labute approximate surface area is 180 Å². The smallest absolute Gasteiger partial charge is 0.181 e. The molecule has 5 aromatic rings. The number of nitrogens with zero attached hydrogens (tertiary/aromatic N) is 6. The zero-order chi connectivity index (χ0) is 21.2. The van der Waals surface area contributed by atoms with Gasteiger partial charge in [-0.1, -0.05) is 24.6 Å². The number of benzene rings is 1. The zero-order valence-corrected chi connectivity index (χ0v) is 17.6. The molecule has 0 aliphatic heterocycles. The number of imidazole rings is 1. The maximum atomic E-state index is 5.33. The summed E-state index contributed by atoms with van der Waals surface area (Å²) >= 11 is 0. The number of hydrogen-bond donors (Lipinski definition) is 2. The number of nitrogens with two attached hydrogens (primary N) is 1. The first kappa shape index (κ1) is 19.4. The number of aryl methyl sites for hydroxylation is 1. The number of aromatic amines is 1. The van der Waals surface area contributed by atoms with E-state index in [1.807, 2.05) is 39.5 Å². The zero-order valence-electron chi connectivity index (χ0n) is 17.6. The predicted octanol–water partition coefficient (Wildman–Crippen LogP) is 3.57. The minimum absolute atomic E-state index is 0.578. The fourth-order valence-electron chi connectivity index (χ4n) is 3.78. The van der Waals surface area contributed by atoms with Crippen molar-refractivity contribution in [3.05, 3.63) is 66.5 Å². The number of nitrogens with one attached hydrogen (secondary N) is 1. The van der Waals surface area contributed by atoms with Crippen molar-refractivity contribution < 1.29 is 0 Å². The van der Waals surface area contributed by atoms with Crippen molar-refractivity contribution in [3.8, 4) is 11.4 Å². The Bertz CT molecular complexity index is 1300. The van der Waals surface area contributed by atoms with Gasteiger partial charge in [0.2, 0.25) is 0 Å². The highest BCUT2D eigenvalue weighted by Crippen LogP contribution is 2.25. The van der Waals surface area contributed by atoms with Crippen molar-refractivity contribution in [2.45, 2.75) is 32.7 Å². The number of rotatable bonds is 4. The van der Waals surface area contributed by atoms with Crippen LogP contribution in [0.25, 0.3) is 27.9 Å². The van der Waals surface area contributed by atoms with Crippen molar-refractivity contribution in [3.63, 3.8) is 0 Å². The van der Waals surface area contributed by atoms with Gasteiger partial charge in [0.25, 0.3) is 0 Å². The summed E-state index contributed by atoms with van der Waals surface area (Å²) in [6.45, 7) is 3.56. The Morgan fingerprint density at radius 2 is 2.06 bits per heavy atom. The van der Waals surface area contributed by atoms with Gasteiger partial charge in [-0.25, -0.2) is 14.6 Å². The van der Waals surface area contributed by atoms with Crippen molar-refractivity contribution in [1.82, 2.24) is 34.3 Å². The summed E-state index contributed by atoms with van der Waals surface area (Å²) in [4.78, 5) is 9.09. The minimum atomic E-state index is 0.578. The monoisotopic (exact) mass is 414 g/mol. The van der Waals surface area contributed by atoms with E-state index in [0.29, 0.717) is 12.4 Å². The van der Waals surface area contributed by atoms with Crippen LogP contribution >= 0.6 is 0 Å². The van der Waals surface area contributed by atoms with Crippen LogP contribution in [0, 0.1) is 12.8 Å². The molecule has 158 valence electrons. The molecule has 0 unspecified atom stereocenters. The molecule has 1 saturated carbocycles. The molecule has 0 spiro atoms. The molecule has 3 N–H and O–H groups in total. The number of hydrogen-bond acceptors (Lipinski definition) is 5. The summed E-state index contributed by atoms with van der Waals surface area (Å²) in [5.74, 6) is 1.58. The standard InChI is InChI=1S/C18H15N7.C5H11N/c1-12-5-6-17-21-13(9-24(17)8-12)10-25-11-19-18(23-25)14-3-2-4-16-15(14)7-20-22-16;6-4-5-2-1-3-5/h2-9,11H,10H2,1H3,(H,20,22);5H,1-4,6H2. The molecule has 31 heavy (non-hydrogen) atoms. The van der Waals surface area contributed by atoms with Gasteiger partial charge in [-0.2, -0.15) is 10.2 Å². The van der Waals surface area contributed by atoms with E-state index in [-0.39, 0.29) is 0 Å². The summed E-state index contributed by atoms with van der Waals surface area (Å²) in [5.41, 5.74) is 10.4. The number of pyridine rings is 1. The average molecular weight is 415 g/mol. The molecule has 0 amide bonds. The molecule has 8 nitrogen and oxygen atoms in total. The Kier molecular flexibility index (Phi) is 5.21.